The zero-order chi connectivity index (χ0) is 14.5. The summed E-state index contributed by atoms with van der Waals surface area (Å²) in [6.45, 7) is 3.58. The second-order valence-electron chi connectivity index (χ2n) is 4.65. The lowest BCUT2D eigenvalue weighted by atomic mass is 10.0. The van der Waals surface area contributed by atoms with E-state index >= 15 is 0 Å². The molecule has 0 aromatic heterocycles. The summed E-state index contributed by atoms with van der Waals surface area (Å²) >= 11 is 0. The first-order chi connectivity index (χ1) is 8.79. The molecule has 0 aliphatic carbocycles. The minimum Gasteiger partial charge on any atom is -0.386 e. The molecular formula is C14H19F3O2. The highest BCUT2D eigenvalue weighted by Crippen LogP contribution is 2.23. The molecule has 0 spiro atoms. The van der Waals surface area contributed by atoms with Crippen LogP contribution in [0, 0.1) is 6.92 Å². The maximum atomic E-state index is 11.9. The molecule has 1 aromatic rings. The molecule has 0 bridgehead atoms. The Hall–Kier alpha value is -1.07. The van der Waals surface area contributed by atoms with Crippen molar-refractivity contribution >= 4 is 0 Å². The predicted molar refractivity (Wildman–Crippen MR) is 66.8 cm³/mol. The molecule has 1 aromatic carbocycles. The summed E-state index contributed by atoms with van der Waals surface area (Å²) < 4.78 is 41.0. The molecule has 2 unspecified atom stereocenters. The van der Waals surface area contributed by atoms with Gasteiger partial charge in [-0.2, -0.15) is 13.2 Å². The first-order valence-electron chi connectivity index (χ1n) is 6.22. The highest BCUT2D eigenvalue weighted by Gasteiger charge is 2.26. The van der Waals surface area contributed by atoms with E-state index < -0.39 is 24.8 Å². The molecule has 0 aliphatic heterocycles. The van der Waals surface area contributed by atoms with E-state index in [0.29, 0.717) is 5.56 Å². The van der Waals surface area contributed by atoms with Crippen LogP contribution in [0.15, 0.2) is 24.3 Å². The van der Waals surface area contributed by atoms with E-state index in [1.807, 2.05) is 19.1 Å². The van der Waals surface area contributed by atoms with E-state index in [1.165, 1.54) is 0 Å². The Morgan fingerprint density at radius 3 is 2.32 bits per heavy atom. The molecule has 0 heterocycles. The van der Waals surface area contributed by atoms with Crippen LogP contribution >= 0.6 is 0 Å². The van der Waals surface area contributed by atoms with Gasteiger partial charge in [-0.3, -0.25) is 0 Å². The molecular weight excluding hydrogens is 257 g/mol. The molecule has 1 N–H and O–H groups in total. The number of benzene rings is 1. The molecule has 5 heteroatoms. The van der Waals surface area contributed by atoms with Gasteiger partial charge in [0.05, 0.1) is 6.10 Å². The maximum Gasteiger partial charge on any atom is 0.389 e. The number of aryl methyl sites for hydroxylation is 1. The van der Waals surface area contributed by atoms with Crippen LogP contribution in [0.25, 0.3) is 0 Å². The number of hydrogen-bond donors (Lipinski definition) is 1. The van der Waals surface area contributed by atoms with Crippen molar-refractivity contribution in [2.24, 2.45) is 0 Å². The van der Waals surface area contributed by atoms with Gasteiger partial charge in [-0.1, -0.05) is 29.8 Å². The maximum absolute atomic E-state index is 11.9. The zero-order valence-corrected chi connectivity index (χ0v) is 11.1. The molecule has 0 saturated heterocycles. The highest BCUT2D eigenvalue weighted by molar-refractivity contribution is 5.23. The topological polar surface area (TPSA) is 29.5 Å². The van der Waals surface area contributed by atoms with Crippen LogP contribution in [0.2, 0.25) is 0 Å². The fraction of sp³-hybridized carbons (Fsp3) is 0.571. The number of aliphatic hydroxyl groups excluding tert-OH is 1. The minimum absolute atomic E-state index is 0.0103. The summed E-state index contributed by atoms with van der Waals surface area (Å²) in [7, 11) is 0. The Morgan fingerprint density at radius 2 is 1.79 bits per heavy atom. The van der Waals surface area contributed by atoms with Crippen molar-refractivity contribution in [2.45, 2.75) is 45.1 Å². The molecule has 108 valence electrons. The van der Waals surface area contributed by atoms with Crippen LogP contribution in [0.4, 0.5) is 13.2 Å². The Balaban J connectivity index is 2.36. The van der Waals surface area contributed by atoms with E-state index in [4.69, 9.17) is 4.74 Å². The molecule has 0 fully saturated rings. The molecule has 2 nitrogen and oxygen atoms in total. The third-order valence-corrected chi connectivity index (χ3v) is 2.85. The van der Waals surface area contributed by atoms with Crippen molar-refractivity contribution in [1.82, 2.24) is 0 Å². The average Bonchev–Trinajstić information content (AvgIpc) is 2.33. The number of aliphatic hydroxyl groups is 1. The molecule has 0 saturated carbocycles. The summed E-state index contributed by atoms with van der Waals surface area (Å²) in [5.41, 5.74) is 1.78. The molecule has 1 rings (SSSR count). The van der Waals surface area contributed by atoms with Gasteiger partial charge in [0.1, 0.15) is 6.10 Å². The van der Waals surface area contributed by atoms with E-state index in [1.54, 1.807) is 19.1 Å². The zero-order valence-electron chi connectivity index (χ0n) is 11.1. The van der Waals surface area contributed by atoms with Crippen LogP contribution < -0.4 is 0 Å². The van der Waals surface area contributed by atoms with Crippen LogP contribution in [-0.2, 0) is 4.74 Å². The SMILES string of the molecule is Cc1ccc(C(O)C(C)OCCCC(F)(F)F)cc1. The summed E-state index contributed by atoms with van der Waals surface area (Å²) in [5.74, 6) is 0. The number of ether oxygens (including phenoxy) is 1. The van der Waals surface area contributed by atoms with Crippen LogP contribution in [0.1, 0.15) is 37.0 Å². The van der Waals surface area contributed by atoms with Gasteiger partial charge in [0.15, 0.2) is 0 Å². The number of rotatable bonds is 6. The van der Waals surface area contributed by atoms with Gasteiger partial charge in [-0.05, 0) is 25.8 Å². The minimum atomic E-state index is -4.15. The Labute approximate surface area is 111 Å². The van der Waals surface area contributed by atoms with Gasteiger partial charge in [0.2, 0.25) is 0 Å². The monoisotopic (exact) mass is 276 g/mol. The molecule has 0 aliphatic rings. The van der Waals surface area contributed by atoms with Crippen molar-refractivity contribution in [2.75, 3.05) is 6.61 Å². The lowest BCUT2D eigenvalue weighted by Gasteiger charge is -2.20. The standard InChI is InChI=1S/C14H19F3O2/c1-10-4-6-12(7-5-10)13(18)11(2)19-9-3-8-14(15,16)17/h4-7,11,13,18H,3,8-9H2,1-2H3. The third kappa shape index (κ3) is 6.07. The second-order valence-corrected chi connectivity index (χ2v) is 4.65. The Kier molecular flexibility index (Phi) is 5.82. The third-order valence-electron chi connectivity index (χ3n) is 2.85. The fourth-order valence-electron chi connectivity index (χ4n) is 1.67. The molecule has 2 atom stereocenters. The number of alkyl halides is 3. The highest BCUT2D eigenvalue weighted by atomic mass is 19.4. The summed E-state index contributed by atoms with van der Waals surface area (Å²) in [6, 6.07) is 7.31. The number of hydrogen-bond acceptors (Lipinski definition) is 2. The van der Waals surface area contributed by atoms with Crippen molar-refractivity contribution in [1.29, 1.82) is 0 Å². The smallest absolute Gasteiger partial charge is 0.386 e. The fourth-order valence-corrected chi connectivity index (χ4v) is 1.67. The van der Waals surface area contributed by atoms with Gasteiger partial charge in [-0.15, -0.1) is 0 Å². The molecule has 0 amide bonds. The van der Waals surface area contributed by atoms with Crippen LogP contribution in [0.3, 0.4) is 0 Å². The summed E-state index contributed by atoms with van der Waals surface area (Å²) in [5, 5.41) is 9.99. The van der Waals surface area contributed by atoms with Gasteiger partial charge in [-0.25, -0.2) is 0 Å². The summed E-state index contributed by atoms with van der Waals surface area (Å²) in [4.78, 5) is 0. The van der Waals surface area contributed by atoms with E-state index in [2.05, 4.69) is 0 Å². The van der Waals surface area contributed by atoms with Gasteiger partial charge >= 0.3 is 6.18 Å². The predicted octanol–water partition coefficient (Wildman–Crippen LogP) is 3.78. The second kappa shape index (κ2) is 6.91. The quantitative estimate of drug-likeness (QED) is 0.801. The van der Waals surface area contributed by atoms with Crippen LogP contribution in [-0.4, -0.2) is 24.0 Å². The van der Waals surface area contributed by atoms with E-state index in [0.717, 1.165) is 5.56 Å². The first-order valence-corrected chi connectivity index (χ1v) is 6.22. The normalized spacial score (nSPS) is 15.3. The molecule has 0 radical (unpaired) electrons. The number of halogens is 3. The first kappa shape index (κ1) is 16.0. The summed E-state index contributed by atoms with van der Waals surface area (Å²) in [6.07, 6.45) is -6.46. The van der Waals surface area contributed by atoms with Crippen LogP contribution in [0.5, 0.6) is 0 Å². The Morgan fingerprint density at radius 1 is 1.21 bits per heavy atom. The lowest BCUT2D eigenvalue weighted by Crippen LogP contribution is -2.20. The van der Waals surface area contributed by atoms with Crippen molar-refractivity contribution in [3.05, 3.63) is 35.4 Å². The van der Waals surface area contributed by atoms with E-state index in [9.17, 15) is 18.3 Å². The largest absolute Gasteiger partial charge is 0.389 e. The Bertz CT molecular complexity index is 373. The van der Waals surface area contributed by atoms with Gasteiger partial charge in [0.25, 0.3) is 0 Å². The average molecular weight is 276 g/mol. The van der Waals surface area contributed by atoms with Crippen molar-refractivity contribution in [3.63, 3.8) is 0 Å². The van der Waals surface area contributed by atoms with Crippen molar-refractivity contribution in [3.8, 4) is 0 Å². The van der Waals surface area contributed by atoms with Gasteiger partial charge < -0.3 is 9.84 Å². The van der Waals surface area contributed by atoms with Gasteiger partial charge in [0, 0.05) is 13.0 Å². The molecule has 19 heavy (non-hydrogen) atoms. The van der Waals surface area contributed by atoms with Crippen molar-refractivity contribution < 1.29 is 23.0 Å². The lowest BCUT2D eigenvalue weighted by molar-refractivity contribution is -0.140. The van der Waals surface area contributed by atoms with E-state index in [-0.39, 0.29) is 13.0 Å².